The summed E-state index contributed by atoms with van der Waals surface area (Å²) < 4.78 is 1.62. The molecular weight excluding hydrogens is 308 g/mol. The zero-order chi connectivity index (χ0) is 16.1. The van der Waals surface area contributed by atoms with Crippen molar-refractivity contribution >= 4 is 23.4 Å². The van der Waals surface area contributed by atoms with Crippen LogP contribution in [0.3, 0.4) is 0 Å². The molecule has 1 N–H and O–H groups in total. The van der Waals surface area contributed by atoms with Gasteiger partial charge < -0.3 is 5.32 Å². The Kier molecular flexibility index (Phi) is 4.73. The average molecular weight is 324 g/mol. The van der Waals surface area contributed by atoms with Gasteiger partial charge in [-0.1, -0.05) is 12.1 Å². The van der Waals surface area contributed by atoms with Crippen molar-refractivity contribution in [3.05, 3.63) is 72.2 Å². The number of anilines is 1. The van der Waals surface area contributed by atoms with Crippen LogP contribution in [-0.2, 0) is 5.75 Å². The summed E-state index contributed by atoms with van der Waals surface area (Å²) in [6, 6.07) is 13.0. The molecule has 0 radical (unpaired) electrons. The molecule has 5 nitrogen and oxygen atoms in total. The molecule has 1 amide bonds. The molecule has 0 spiro atoms. The molecule has 0 aliphatic rings. The second-order valence-corrected chi connectivity index (χ2v) is 5.78. The van der Waals surface area contributed by atoms with Crippen LogP contribution in [0.25, 0.3) is 5.82 Å². The summed E-state index contributed by atoms with van der Waals surface area (Å²) in [6.07, 6.45) is 7.18. The van der Waals surface area contributed by atoms with E-state index >= 15 is 0 Å². The monoisotopic (exact) mass is 324 g/mol. The number of carbonyl (C=O) groups excluding carboxylic acids is 1. The summed E-state index contributed by atoms with van der Waals surface area (Å²) in [4.78, 5) is 16.7. The van der Waals surface area contributed by atoms with Crippen LogP contribution in [0.5, 0.6) is 0 Å². The van der Waals surface area contributed by atoms with Crippen LogP contribution in [0.4, 0.5) is 5.69 Å². The summed E-state index contributed by atoms with van der Waals surface area (Å²) in [6.45, 7) is 0. The lowest BCUT2D eigenvalue weighted by molar-refractivity contribution is 0.102. The minimum atomic E-state index is -0.165. The second kappa shape index (κ2) is 7.11. The fourth-order valence-electron chi connectivity index (χ4n) is 2.18. The third kappa shape index (κ3) is 3.60. The van der Waals surface area contributed by atoms with Crippen molar-refractivity contribution in [1.29, 1.82) is 0 Å². The molecule has 3 aromatic rings. The van der Waals surface area contributed by atoms with Gasteiger partial charge in [0.2, 0.25) is 0 Å². The number of carbonyl (C=O) groups is 1. The number of thioether (sulfide) groups is 1. The first kappa shape index (κ1) is 15.3. The topological polar surface area (TPSA) is 59.8 Å². The highest BCUT2D eigenvalue weighted by Gasteiger charge is 2.11. The minimum Gasteiger partial charge on any atom is -0.319 e. The third-order valence-electron chi connectivity index (χ3n) is 3.28. The Morgan fingerprint density at radius 2 is 2.00 bits per heavy atom. The van der Waals surface area contributed by atoms with Gasteiger partial charge in [-0.3, -0.25) is 4.79 Å². The Morgan fingerprint density at radius 3 is 2.70 bits per heavy atom. The van der Waals surface area contributed by atoms with Gasteiger partial charge in [-0.25, -0.2) is 9.67 Å². The molecule has 0 aliphatic carbocycles. The largest absolute Gasteiger partial charge is 0.319 e. The summed E-state index contributed by atoms with van der Waals surface area (Å²) in [7, 11) is 0. The van der Waals surface area contributed by atoms with Gasteiger partial charge >= 0.3 is 0 Å². The molecule has 0 atom stereocenters. The van der Waals surface area contributed by atoms with Gasteiger partial charge in [-0.2, -0.15) is 16.9 Å². The number of hydrogen-bond donors (Lipinski definition) is 1. The molecule has 2 heterocycles. The Hall–Kier alpha value is -2.60. The van der Waals surface area contributed by atoms with E-state index in [2.05, 4.69) is 21.7 Å². The van der Waals surface area contributed by atoms with E-state index in [9.17, 15) is 4.79 Å². The van der Waals surface area contributed by atoms with Gasteiger partial charge in [0.05, 0.1) is 5.69 Å². The normalized spacial score (nSPS) is 10.5. The molecule has 0 saturated heterocycles. The van der Waals surface area contributed by atoms with E-state index < -0.39 is 0 Å². The molecule has 0 fully saturated rings. The van der Waals surface area contributed by atoms with E-state index in [0.29, 0.717) is 17.1 Å². The number of hydrogen-bond acceptors (Lipinski definition) is 4. The van der Waals surface area contributed by atoms with Crippen molar-refractivity contribution < 1.29 is 4.79 Å². The van der Waals surface area contributed by atoms with Crippen LogP contribution < -0.4 is 5.32 Å². The first-order valence-electron chi connectivity index (χ1n) is 7.12. The maximum atomic E-state index is 12.4. The molecule has 0 unspecified atom stereocenters. The first-order chi connectivity index (χ1) is 11.3. The molecule has 116 valence electrons. The van der Waals surface area contributed by atoms with E-state index in [1.165, 1.54) is 5.56 Å². The van der Waals surface area contributed by atoms with Crippen LogP contribution in [0.1, 0.15) is 15.9 Å². The molecule has 2 aromatic heterocycles. The maximum Gasteiger partial charge on any atom is 0.255 e. The molecule has 3 rings (SSSR count). The van der Waals surface area contributed by atoms with E-state index in [0.717, 1.165) is 5.75 Å². The van der Waals surface area contributed by atoms with Crippen LogP contribution in [0.15, 0.2) is 61.1 Å². The Labute approximate surface area is 138 Å². The van der Waals surface area contributed by atoms with Crippen molar-refractivity contribution in [3.8, 4) is 5.82 Å². The fraction of sp³-hybridized carbons (Fsp3) is 0.118. The highest BCUT2D eigenvalue weighted by Crippen LogP contribution is 2.18. The SMILES string of the molecule is CSCc1ccc(C(=O)Nc2cccnc2-n2cccn2)cc1. The Balaban J connectivity index is 1.81. The summed E-state index contributed by atoms with van der Waals surface area (Å²) in [5, 5.41) is 7.06. The van der Waals surface area contributed by atoms with Crippen molar-refractivity contribution in [2.45, 2.75) is 5.75 Å². The Morgan fingerprint density at radius 1 is 1.17 bits per heavy atom. The number of rotatable bonds is 5. The predicted octanol–water partition coefficient (Wildman–Crippen LogP) is 3.38. The maximum absolute atomic E-state index is 12.4. The van der Waals surface area contributed by atoms with E-state index in [4.69, 9.17) is 0 Å². The van der Waals surface area contributed by atoms with Crippen LogP contribution in [-0.4, -0.2) is 26.9 Å². The van der Waals surface area contributed by atoms with Gasteiger partial charge in [-0.05, 0) is 42.2 Å². The first-order valence-corrected chi connectivity index (χ1v) is 8.51. The zero-order valence-electron chi connectivity index (χ0n) is 12.6. The smallest absolute Gasteiger partial charge is 0.255 e. The predicted molar refractivity (Wildman–Crippen MR) is 93.0 cm³/mol. The van der Waals surface area contributed by atoms with Gasteiger partial charge in [0, 0.05) is 29.9 Å². The number of amides is 1. The molecule has 0 saturated carbocycles. The zero-order valence-corrected chi connectivity index (χ0v) is 13.5. The van der Waals surface area contributed by atoms with E-state index in [1.54, 1.807) is 41.1 Å². The number of nitrogens with one attached hydrogen (secondary N) is 1. The van der Waals surface area contributed by atoms with Crippen molar-refractivity contribution in [2.24, 2.45) is 0 Å². The molecule has 23 heavy (non-hydrogen) atoms. The molecule has 0 aliphatic heterocycles. The lowest BCUT2D eigenvalue weighted by Gasteiger charge is -2.10. The lowest BCUT2D eigenvalue weighted by Crippen LogP contribution is -2.14. The molecule has 0 bridgehead atoms. The van der Waals surface area contributed by atoms with Gasteiger partial charge in [0.1, 0.15) is 0 Å². The fourth-order valence-corrected chi connectivity index (χ4v) is 2.71. The number of pyridine rings is 1. The van der Waals surface area contributed by atoms with Gasteiger partial charge in [-0.15, -0.1) is 0 Å². The van der Waals surface area contributed by atoms with Crippen molar-refractivity contribution in [2.75, 3.05) is 11.6 Å². The lowest BCUT2D eigenvalue weighted by atomic mass is 10.1. The highest BCUT2D eigenvalue weighted by atomic mass is 32.2. The highest BCUT2D eigenvalue weighted by molar-refractivity contribution is 7.97. The third-order valence-corrected chi connectivity index (χ3v) is 3.91. The Bertz CT molecular complexity index is 785. The van der Waals surface area contributed by atoms with Gasteiger partial charge in [0.15, 0.2) is 5.82 Å². The van der Waals surface area contributed by atoms with E-state index in [-0.39, 0.29) is 5.91 Å². The van der Waals surface area contributed by atoms with Crippen LogP contribution in [0.2, 0.25) is 0 Å². The minimum absolute atomic E-state index is 0.165. The van der Waals surface area contributed by atoms with Crippen LogP contribution >= 0.6 is 11.8 Å². The molecule has 1 aromatic carbocycles. The van der Waals surface area contributed by atoms with Crippen molar-refractivity contribution in [3.63, 3.8) is 0 Å². The second-order valence-electron chi connectivity index (χ2n) is 4.91. The summed E-state index contributed by atoms with van der Waals surface area (Å²) in [5.41, 5.74) is 2.44. The molecular formula is C17H16N4OS. The van der Waals surface area contributed by atoms with Crippen LogP contribution in [0, 0.1) is 0 Å². The quantitative estimate of drug-likeness (QED) is 0.781. The summed E-state index contributed by atoms with van der Waals surface area (Å²) >= 11 is 1.75. The summed E-state index contributed by atoms with van der Waals surface area (Å²) in [5.74, 6) is 1.36. The van der Waals surface area contributed by atoms with E-state index in [1.807, 2.05) is 36.4 Å². The average Bonchev–Trinajstić information content (AvgIpc) is 3.10. The standard InChI is InChI=1S/C17H16N4OS/c1-23-12-13-5-7-14(8-6-13)17(22)20-15-4-2-9-18-16(15)21-11-3-10-19-21/h2-11H,12H2,1H3,(H,20,22). The van der Waals surface area contributed by atoms with Gasteiger partial charge in [0.25, 0.3) is 5.91 Å². The number of benzene rings is 1. The van der Waals surface area contributed by atoms with Crippen molar-refractivity contribution in [1.82, 2.24) is 14.8 Å². The number of nitrogens with zero attached hydrogens (tertiary/aromatic N) is 3. The number of aromatic nitrogens is 3. The molecule has 6 heteroatoms.